The normalized spacial score (nSPS) is 14.4. The quantitative estimate of drug-likeness (QED) is 0.0937. The van der Waals surface area contributed by atoms with Crippen molar-refractivity contribution >= 4 is 35.6 Å². The molecule has 0 saturated carbocycles. The number of rotatable bonds is 12. The van der Waals surface area contributed by atoms with E-state index in [0.717, 1.165) is 33.2 Å². The Morgan fingerprint density at radius 2 is 1.79 bits per heavy atom. The number of carbonyl (C=O) groups excluding carboxylic acids is 3. The van der Waals surface area contributed by atoms with Crippen LogP contribution in [0.3, 0.4) is 0 Å². The first-order valence-electron chi connectivity index (χ1n) is 13.6. The molecule has 0 aliphatic carbocycles. The van der Waals surface area contributed by atoms with Gasteiger partial charge in [-0.25, -0.2) is 4.68 Å². The van der Waals surface area contributed by atoms with Crippen molar-refractivity contribution in [2.45, 2.75) is 32.1 Å². The summed E-state index contributed by atoms with van der Waals surface area (Å²) in [5, 5.41) is 14.7. The summed E-state index contributed by atoms with van der Waals surface area (Å²) in [6, 6.07) is 19.7. The Hall–Kier alpha value is -4.46. The second-order valence-corrected chi connectivity index (χ2v) is 10.6. The van der Waals surface area contributed by atoms with Gasteiger partial charge in [-0.1, -0.05) is 37.3 Å². The van der Waals surface area contributed by atoms with Crippen LogP contribution < -0.4 is 0 Å². The van der Waals surface area contributed by atoms with Crippen molar-refractivity contribution in [2.75, 3.05) is 32.1 Å². The average molecular weight is 585 g/mol. The molecule has 0 atom stereocenters. The molecule has 216 valence electrons. The van der Waals surface area contributed by atoms with Crippen LogP contribution in [0.5, 0.6) is 0 Å². The zero-order valence-electron chi connectivity index (χ0n) is 23.8. The molecule has 10 heteroatoms. The van der Waals surface area contributed by atoms with Gasteiger partial charge in [0.1, 0.15) is 18.2 Å². The van der Waals surface area contributed by atoms with Crippen molar-refractivity contribution < 1.29 is 23.9 Å². The Balaban J connectivity index is 1.70. The Bertz CT molecular complexity index is 1550. The van der Waals surface area contributed by atoms with Gasteiger partial charge in [-0.05, 0) is 55.0 Å². The number of thioether (sulfide) groups is 1. The number of imide groups is 1. The van der Waals surface area contributed by atoms with Crippen molar-refractivity contribution in [1.29, 1.82) is 5.26 Å². The van der Waals surface area contributed by atoms with E-state index < -0.39 is 17.8 Å². The number of amides is 2. The van der Waals surface area contributed by atoms with Crippen LogP contribution in [0.1, 0.15) is 32.8 Å². The number of ether oxygens (including phenoxy) is 2. The summed E-state index contributed by atoms with van der Waals surface area (Å²) in [6.07, 6.45) is 4.61. The van der Waals surface area contributed by atoms with E-state index in [1.54, 1.807) is 29.4 Å². The van der Waals surface area contributed by atoms with E-state index in [9.17, 15) is 19.6 Å². The number of esters is 1. The standard InChI is InChI=1S/C32H32N4O5S/c1-4-18-42-27-12-10-24(11-13-27)30-25(21-36(34-30)26-8-6-5-7-9-26)19-28-22(2)29(20-33)32(39)35(31(28)38)14-15-40-16-17-41-23(3)37/h5-13,19,21H,4,14-18H2,1-3H3/b28-19+. The van der Waals surface area contributed by atoms with E-state index in [-0.39, 0.29) is 37.5 Å². The van der Waals surface area contributed by atoms with Crippen LogP contribution in [0, 0.1) is 11.3 Å². The highest BCUT2D eigenvalue weighted by Crippen LogP contribution is 2.32. The Morgan fingerprint density at radius 1 is 1.05 bits per heavy atom. The van der Waals surface area contributed by atoms with E-state index in [0.29, 0.717) is 16.8 Å². The van der Waals surface area contributed by atoms with E-state index in [4.69, 9.17) is 14.6 Å². The lowest BCUT2D eigenvalue weighted by Gasteiger charge is -2.27. The zero-order valence-corrected chi connectivity index (χ0v) is 24.6. The highest BCUT2D eigenvalue weighted by Gasteiger charge is 2.35. The third kappa shape index (κ3) is 7.24. The van der Waals surface area contributed by atoms with Gasteiger partial charge in [-0.2, -0.15) is 10.4 Å². The highest BCUT2D eigenvalue weighted by atomic mass is 32.2. The van der Waals surface area contributed by atoms with Crippen LogP contribution in [-0.4, -0.2) is 64.6 Å². The van der Waals surface area contributed by atoms with E-state index in [2.05, 4.69) is 19.1 Å². The lowest BCUT2D eigenvalue weighted by molar-refractivity contribution is -0.142. The van der Waals surface area contributed by atoms with Crippen LogP contribution in [0.4, 0.5) is 0 Å². The fourth-order valence-corrected chi connectivity index (χ4v) is 5.12. The van der Waals surface area contributed by atoms with Gasteiger partial charge >= 0.3 is 5.97 Å². The van der Waals surface area contributed by atoms with Crippen molar-refractivity contribution in [3.05, 3.63) is 83.1 Å². The summed E-state index contributed by atoms with van der Waals surface area (Å²) in [5.41, 5.74) is 3.49. The first-order valence-corrected chi connectivity index (χ1v) is 14.6. The Morgan fingerprint density at radius 3 is 2.45 bits per heavy atom. The van der Waals surface area contributed by atoms with Crippen LogP contribution in [0.25, 0.3) is 23.0 Å². The number of hydrogen-bond donors (Lipinski definition) is 0. The first kappa shape index (κ1) is 30.5. The maximum Gasteiger partial charge on any atom is 0.302 e. The molecule has 2 heterocycles. The number of para-hydroxylation sites is 1. The van der Waals surface area contributed by atoms with E-state index >= 15 is 0 Å². The molecule has 1 aliphatic rings. The maximum atomic E-state index is 13.6. The summed E-state index contributed by atoms with van der Waals surface area (Å²) in [7, 11) is 0. The highest BCUT2D eigenvalue weighted by molar-refractivity contribution is 7.99. The van der Waals surface area contributed by atoms with Gasteiger partial charge < -0.3 is 9.47 Å². The van der Waals surface area contributed by atoms with Crippen molar-refractivity contribution in [3.63, 3.8) is 0 Å². The van der Waals surface area contributed by atoms with E-state index in [1.165, 1.54) is 6.92 Å². The second kappa shape index (κ2) is 14.4. The van der Waals surface area contributed by atoms with Gasteiger partial charge in [0.2, 0.25) is 0 Å². The van der Waals surface area contributed by atoms with Gasteiger partial charge in [0, 0.05) is 34.7 Å². The molecule has 1 aromatic heterocycles. The number of aromatic nitrogens is 2. The lowest BCUT2D eigenvalue weighted by Crippen LogP contribution is -2.44. The van der Waals surface area contributed by atoms with Crippen LogP contribution in [-0.2, 0) is 23.9 Å². The van der Waals surface area contributed by atoms with Gasteiger partial charge in [0.05, 0.1) is 31.1 Å². The minimum absolute atomic E-state index is 0.0311. The zero-order chi connectivity index (χ0) is 30.1. The van der Waals surface area contributed by atoms with Crippen LogP contribution >= 0.6 is 11.8 Å². The molecule has 0 unspecified atom stereocenters. The van der Waals surface area contributed by atoms with Gasteiger partial charge in [0.15, 0.2) is 0 Å². The second-order valence-electron chi connectivity index (χ2n) is 9.47. The molecule has 1 aliphatic heterocycles. The summed E-state index contributed by atoms with van der Waals surface area (Å²) in [6.45, 7) is 5.21. The smallest absolute Gasteiger partial charge is 0.302 e. The fraction of sp³-hybridized carbons (Fsp3) is 0.281. The largest absolute Gasteiger partial charge is 0.463 e. The van der Waals surface area contributed by atoms with Gasteiger partial charge in [-0.15, -0.1) is 11.8 Å². The molecule has 42 heavy (non-hydrogen) atoms. The van der Waals surface area contributed by atoms with Gasteiger partial charge in [-0.3, -0.25) is 19.3 Å². The van der Waals surface area contributed by atoms with Crippen molar-refractivity contribution in [1.82, 2.24) is 14.7 Å². The number of carbonyl (C=O) groups is 3. The van der Waals surface area contributed by atoms with Crippen molar-refractivity contribution in [2.24, 2.45) is 0 Å². The van der Waals surface area contributed by atoms with Gasteiger partial charge in [0.25, 0.3) is 11.8 Å². The molecular weight excluding hydrogens is 552 g/mol. The molecule has 2 amide bonds. The number of nitriles is 1. The minimum atomic E-state index is -0.666. The molecule has 0 fully saturated rings. The topological polar surface area (TPSA) is 115 Å². The molecule has 4 rings (SSSR count). The summed E-state index contributed by atoms with van der Waals surface area (Å²) in [4.78, 5) is 39.8. The number of hydrogen-bond acceptors (Lipinski definition) is 8. The fourth-order valence-electron chi connectivity index (χ4n) is 4.35. The minimum Gasteiger partial charge on any atom is -0.463 e. The number of nitrogens with zero attached hydrogens (tertiary/aromatic N) is 4. The summed E-state index contributed by atoms with van der Waals surface area (Å²) in [5.74, 6) is -0.581. The molecule has 3 aromatic rings. The summed E-state index contributed by atoms with van der Waals surface area (Å²) < 4.78 is 12.0. The Labute approximate surface area is 249 Å². The van der Waals surface area contributed by atoms with Crippen LogP contribution in [0.15, 0.2) is 82.4 Å². The third-order valence-corrected chi connectivity index (χ3v) is 7.70. The predicted octanol–water partition coefficient (Wildman–Crippen LogP) is 5.21. The molecule has 0 saturated heterocycles. The molecule has 9 nitrogen and oxygen atoms in total. The third-order valence-electron chi connectivity index (χ3n) is 6.48. The average Bonchev–Trinajstić information content (AvgIpc) is 3.42. The van der Waals surface area contributed by atoms with Crippen LogP contribution in [0.2, 0.25) is 0 Å². The summed E-state index contributed by atoms with van der Waals surface area (Å²) >= 11 is 1.79. The van der Waals surface area contributed by atoms with E-state index in [1.807, 2.05) is 54.7 Å². The molecule has 0 bridgehead atoms. The molecule has 0 N–H and O–H groups in total. The SMILES string of the molecule is CCCSc1ccc(-c2nn(-c3ccccc3)cc2/C=C2/C(=O)N(CCOCCOC(C)=O)C(=O)C(C#N)=C2C)cc1. The molecule has 0 radical (unpaired) electrons. The Kier molecular flexibility index (Phi) is 10.5. The van der Waals surface area contributed by atoms with Crippen molar-refractivity contribution in [3.8, 4) is 23.0 Å². The molecule has 2 aromatic carbocycles. The monoisotopic (exact) mass is 584 g/mol. The molecular formula is C32H32N4O5S. The predicted molar refractivity (Wildman–Crippen MR) is 160 cm³/mol. The molecule has 0 spiro atoms. The number of benzene rings is 2. The maximum absolute atomic E-state index is 13.6. The lowest BCUT2D eigenvalue weighted by atomic mass is 9.93. The first-order chi connectivity index (χ1) is 20.3.